The Morgan fingerprint density at radius 2 is 2.12 bits per heavy atom. The Hall–Kier alpha value is -0.850. The van der Waals surface area contributed by atoms with Gasteiger partial charge < -0.3 is 25.2 Å². The standard InChI is InChI=1S/C18H37N3O3/c1-5-19-17(20-10-7-16(15(3)4)24-6-2)21-13-18(8-11-22)9-12-23-14-18/h15-16,22H,5-14H2,1-4H3,(H2,19,20,21). The summed E-state index contributed by atoms with van der Waals surface area (Å²) in [6.45, 7) is 13.2. The van der Waals surface area contributed by atoms with Crippen LogP contribution in [0.3, 0.4) is 0 Å². The van der Waals surface area contributed by atoms with E-state index in [1.807, 2.05) is 6.92 Å². The molecule has 6 heteroatoms. The van der Waals surface area contributed by atoms with Crippen LogP contribution in [0.2, 0.25) is 0 Å². The van der Waals surface area contributed by atoms with Crippen molar-refractivity contribution in [2.24, 2.45) is 16.3 Å². The van der Waals surface area contributed by atoms with E-state index in [4.69, 9.17) is 14.5 Å². The van der Waals surface area contributed by atoms with Crippen LogP contribution in [-0.4, -0.2) is 63.2 Å². The lowest BCUT2D eigenvalue weighted by Gasteiger charge is -2.25. The largest absolute Gasteiger partial charge is 0.396 e. The molecular weight excluding hydrogens is 306 g/mol. The third-order valence-electron chi connectivity index (χ3n) is 4.59. The number of aliphatic hydroxyl groups is 1. The number of rotatable bonds is 11. The number of hydrogen-bond donors (Lipinski definition) is 3. The minimum Gasteiger partial charge on any atom is -0.396 e. The maximum Gasteiger partial charge on any atom is 0.191 e. The van der Waals surface area contributed by atoms with E-state index >= 15 is 0 Å². The van der Waals surface area contributed by atoms with Crippen molar-refractivity contribution in [2.75, 3.05) is 46.1 Å². The van der Waals surface area contributed by atoms with Crippen LogP contribution in [-0.2, 0) is 9.47 Å². The summed E-state index contributed by atoms with van der Waals surface area (Å²) >= 11 is 0. The quantitative estimate of drug-likeness (QED) is 0.394. The van der Waals surface area contributed by atoms with Crippen molar-refractivity contribution in [1.82, 2.24) is 10.6 Å². The predicted molar refractivity (Wildman–Crippen MR) is 98.4 cm³/mol. The van der Waals surface area contributed by atoms with Crippen LogP contribution in [0, 0.1) is 11.3 Å². The third kappa shape index (κ3) is 7.36. The molecule has 0 saturated carbocycles. The Morgan fingerprint density at radius 3 is 2.67 bits per heavy atom. The second-order valence-electron chi connectivity index (χ2n) is 6.92. The van der Waals surface area contributed by atoms with Gasteiger partial charge in [0.2, 0.25) is 0 Å². The number of nitrogens with one attached hydrogen (secondary N) is 2. The summed E-state index contributed by atoms with van der Waals surface area (Å²) in [6.07, 6.45) is 2.95. The van der Waals surface area contributed by atoms with Gasteiger partial charge in [-0.2, -0.15) is 0 Å². The minimum absolute atomic E-state index is 0.0110. The molecule has 1 rings (SSSR count). The molecule has 3 N–H and O–H groups in total. The summed E-state index contributed by atoms with van der Waals surface area (Å²) in [7, 11) is 0. The molecule has 24 heavy (non-hydrogen) atoms. The first-order valence-electron chi connectivity index (χ1n) is 9.39. The number of nitrogens with zero attached hydrogens (tertiary/aromatic N) is 1. The topological polar surface area (TPSA) is 75.1 Å². The Labute approximate surface area is 147 Å². The number of aliphatic hydroxyl groups excluding tert-OH is 1. The van der Waals surface area contributed by atoms with Crippen LogP contribution < -0.4 is 10.6 Å². The van der Waals surface area contributed by atoms with Gasteiger partial charge in [-0.25, -0.2) is 0 Å². The molecule has 0 aromatic heterocycles. The van der Waals surface area contributed by atoms with Crippen LogP contribution >= 0.6 is 0 Å². The normalized spacial score (nSPS) is 22.8. The van der Waals surface area contributed by atoms with Gasteiger partial charge in [-0.05, 0) is 39.0 Å². The smallest absolute Gasteiger partial charge is 0.191 e. The molecule has 0 aliphatic carbocycles. The van der Waals surface area contributed by atoms with E-state index in [2.05, 4.69) is 31.4 Å². The average Bonchev–Trinajstić information content (AvgIpc) is 3.01. The summed E-state index contributed by atoms with van der Waals surface area (Å²) in [5.41, 5.74) is -0.0110. The SMILES string of the molecule is CCNC(=NCC1(CCO)CCOC1)NCCC(OCC)C(C)C. The molecule has 1 aliphatic heterocycles. The minimum atomic E-state index is -0.0110. The number of hydrogen-bond acceptors (Lipinski definition) is 4. The molecule has 0 aromatic rings. The highest BCUT2D eigenvalue weighted by molar-refractivity contribution is 5.79. The van der Waals surface area contributed by atoms with Gasteiger partial charge in [0.1, 0.15) is 0 Å². The van der Waals surface area contributed by atoms with Gasteiger partial charge in [-0.1, -0.05) is 13.8 Å². The molecule has 2 unspecified atom stereocenters. The van der Waals surface area contributed by atoms with Crippen molar-refractivity contribution in [3.05, 3.63) is 0 Å². The van der Waals surface area contributed by atoms with E-state index in [-0.39, 0.29) is 18.1 Å². The zero-order chi connectivity index (χ0) is 17.8. The van der Waals surface area contributed by atoms with Gasteiger partial charge >= 0.3 is 0 Å². The molecule has 0 bridgehead atoms. The fraction of sp³-hybridized carbons (Fsp3) is 0.944. The zero-order valence-corrected chi connectivity index (χ0v) is 15.9. The molecule has 0 amide bonds. The lowest BCUT2D eigenvalue weighted by Crippen LogP contribution is -2.40. The van der Waals surface area contributed by atoms with E-state index in [0.29, 0.717) is 19.1 Å². The first kappa shape index (κ1) is 21.2. The average molecular weight is 344 g/mol. The van der Waals surface area contributed by atoms with Crippen molar-refractivity contribution in [2.45, 2.75) is 53.1 Å². The zero-order valence-electron chi connectivity index (χ0n) is 15.9. The lowest BCUT2D eigenvalue weighted by atomic mass is 9.84. The summed E-state index contributed by atoms with van der Waals surface area (Å²) < 4.78 is 11.3. The Kier molecular flexibility index (Phi) is 10.3. The van der Waals surface area contributed by atoms with Gasteiger partial charge in [0, 0.05) is 38.3 Å². The molecule has 1 heterocycles. The molecule has 142 valence electrons. The van der Waals surface area contributed by atoms with Gasteiger partial charge in [0.15, 0.2) is 5.96 Å². The summed E-state index contributed by atoms with van der Waals surface area (Å²) in [4.78, 5) is 4.74. The maximum absolute atomic E-state index is 9.32. The number of guanidine groups is 1. The van der Waals surface area contributed by atoms with Gasteiger partial charge in [-0.3, -0.25) is 4.99 Å². The molecule has 1 aliphatic rings. The monoisotopic (exact) mass is 343 g/mol. The third-order valence-corrected chi connectivity index (χ3v) is 4.59. The van der Waals surface area contributed by atoms with Crippen molar-refractivity contribution in [1.29, 1.82) is 0 Å². The van der Waals surface area contributed by atoms with E-state index in [9.17, 15) is 5.11 Å². The Bertz CT molecular complexity index is 355. The van der Waals surface area contributed by atoms with E-state index in [0.717, 1.165) is 51.5 Å². The summed E-state index contributed by atoms with van der Waals surface area (Å²) in [5.74, 6) is 1.34. The van der Waals surface area contributed by atoms with Crippen molar-refractivity contribution < 1.29 is 14.6 Å². The molecule has 0 spiro atoms. The first-order valence-corrected chi connectivity index (χ1v) is 9.39. The molecule has 0 aromatic carbocycles. The highest BCUT2D eigenvalue weighted by Crippen LogP contribution is 2.32. The molecule has 1 fully saturated rings. The fourth-order valence-electron chi connectivity index (χ4n) is 3.03. The molecule has 2 atom stereocenters. The molecule has 0 radical (unpaired) electrons. The summed E-state index contributed by atoms with van der Waals surface area (Å²) in [6, 6.07) is 0. The van der Waals surface area contributed by atoms with Crippen molar-refractivity contribution in [3.63, 3.8) is 0 Å². The highest BCUT2D eigenvalue weighted by Gasteiger charge is 2.34. The van der Waals surface area contributed by atoms with Gasteiger partial charge in [0.25, 0.3) is 0 Å². The van der Waals surface area contributed by atoms with E-state index < -0.39 is 0 Å². The second-order valence-corrected chi connectivity index (χ2v) is 6.92. The number of ether oxygens (including phenoxy) is 2. The van der Waals surface area contributed by atoms with Crippen LogP contribution in [0.1, 0.15) is 47.0 Å². The van der Waals surface area contributed by atoms with Crippen LogP contribution in [0.5, 0.6) is 0 Å². The summed E-state index contributed by atoms with van der Waals surface area (Å²) in [5, 5.41) is 16.0. The lowest BCUT2D eigenvalue weighted by molar-refractivity contribution is 0.0258. The van der Waals surface area contributed by atoms with E-state index in [1.165, 1.54) is 0 Å². The van der Waals surface area contributed by atoms with Crippen LogP contribution in [0.25, 0.3) is 0 Å². The number of aliphatic imine (C=N–C) groups is 1. The molecule has 6 nitrogen and oxygen atoms in total. The van der Waals surface area contributed by atoms with Crippen LogP contribution in [0.15, 0.2) is 4.99 Å². The van der Waals surface area contributed by atoms with Crippen molar-refractivity contribution >= 4 is 5.96 Å². The van der Waals surface area contributed by atoms with Gasteiger partial charge in [-0.15, -0.1) is 0 Å². The first-order chi connectivity index (χ1) is 11.6. The fourth-order valence-corrected chi connectivity index (χ4v) is 3.03. The van der Waals surface area contributed by atoms with Gasteiger partial charge in [0.05, 0.1) is 19.3 Å². The Morgan fingerprint density at radius 1 is 1.33 bits per heavy atom. The molecular formula is C18H37N3O3. The van der Waals surface area contributed by atoms with Crippen LogP contribution in [0.4, 0.5) is 0 Å². The molecule has 1 saturated heterocycles. The van der Waals surface area contributed by atoms with Crippen molar-refractivity contribution in [3.8, 4) is 0 Å². The Balaban J connectivity index is 2.52. The highest BCUT2D eigenvalue weighted by atomic mass is 16.5. The second kappa shape index (κ2) is 11.7. The van der Waals surface area contributed by atoms with E-state index in [1.54, 1.807) is 0 Å². The predicted octanol–water partition coefficient (Wildman–Crippen LogP) is 1.78. The maximum atomic E-state index is 9.32.